The number of pyridine rings is 1. The predicted octanol–water partition coefficient (Wildman–Crippen LogP) is 4.65. The van der Waals surface area contributed by atoms with Crippen molar-refractivity contribution in [3.8, 4) is 0 Å². The average molecular weight is 518 g/mol. The third-order valence-corrected chi connectivity index (χ3v) is 6.74. The normalized spacial score (nSPS) is 15.1. The van der Waals surface area contributed by atoms with Crippen LogP contribution >= 0.6 is 22.9 Å². The molecule has 0 radical (unpaired) electrons. The van der Waals surface area contributed by atoms with E-state index >= 15 is 0 Å². The lowest BCUT2D eigenvalue weighted by atomic mass is 10.1. The van der Waals surface area contributed by atoms with Gasteiger partial charge in [-0.25, -0.2) is 4.98 Å². The van der Waals surface area contributed by atoms with Gasteiger partial charge in [0.05, 0.1) is 11.3 Å². The molecule has 1 aliphatic heterocycles. The molecule has 5 rings (SSSR count). The Morgan fingerprint density at radius 1 is 1.06 bits per heavy atom. The fourth-order valence-electron chi connectivity index (χ4n) is 3.97. The molecule has 0 spiro atoms. The summed E-state index contributed by atoms with van der Waals surface area (Å²) in [7, 11) is 0. The number of carbonyl (C=O) groups excluding carboxylic acids is 3. The number of aromatic nitrogens is 2. The van der Waals surface area contributed by atoms with Crippen molar-refractivity contribution >= 4 is 52.0 Å². The van der Waals surface area contributed by atoms with E-state index in [4.69, 9.17) is 11.6 Å². The van der Waals surface area contributed by atoms with Gasteiger partial charge in [-0.05, 0) is 48.0 Å². The van der Waals surface area contributed by atoms with Gasteiger partial charge in [-0.15, -0.1) is 11.3 Å². The largest absolute Gasteiger partial charge is 0.323 e. The van der Waals surface area contributed by atoms with Gasteiger partial charge in [0.25, 0.3) is 11.8 Å². The van der Waals surface area contributed by atoms with Crippen LogP contribution in [0.4, 0.5) is 11.4 Å². The highest BCUT2D eigenvalue weighted by molar-refractivity contribution is 7.11. The first kappa shape index (κ1) is 23.7. The minimum atomic E-state index is -0.789. The first-order valence-electron chi connectivity index (χ1n) is 11.1. The number of benzene rings is 2. The lowest BCUT2D eigenvalue weighted by Gasteiger charge is -2.28. The molecule has 2 aromatic heterocycles. The summed E-state index contributed by atoms with van der Waals surface area (Å²) in [6.07, 6.45) is 3.48. The Labute approximate surface area is 216 Å². The molecule has 2 N–H and O–H groups in total. The molecule has 0 bridgehead atoms. The van der Waals surface area contributed by atoms with Crippen LogP contribution in [0.15, 0.2) is 78.4 Å². The van der Waals surface area contributed by atoms with Gasteiger partial charge in [0.2, 0.25) is 5.91 Å². The smallest absolute Gasteiger partial charge is 0.284 e. The van der Waals surface area contributed by atoms with Crippen molar-refractivity contribution in [1.82, 2.24) is 14.9 Å². The van der Waals surface area contributed by atoms with Gasteiger partial charge in [0.15, 0.2) is 5.01 Å². The SMILES string of the molecule is O=C(Nc1ccc(CN2C(=O)c3ccc(Cl)cc3NC(=O)[C@H]2Cc2ccccn2)cc1)c1nccs1. The first-order chi connectivity index (χ1) is 17.5. The van der Waals surface area contributed by atoms with E-state index in [1.807, 2.05) is 24.3 Å². The van der Waals surface area contributed by atoms with Gasteiger partial charge in [-0.3, -0.25) is 19.4 Å². The molecule has 0 saturated carbocycles. The maximum Gasteiger partial charge on any atom is 0.284 e. The Kier molecular flexibility index (Phi) is 6.75. The number of thiazole rings is 1. The van der Waals surface area contributed by atoms with E-state index in [0.717, 1.165) is 5.56 Å². The second-order valence-corrected chi connectivity index (χ2v) is 9.47. The van der Waals surface area contributed by atoms with E-state index in [0.29, 0.717) is 32.7 Å². The van der Waals surface area contributed by atoms with Crippen molar-refractivity contribution in [2.75, 3.05) is 10.6 Å². The molecule has 1 aliphatic rings. The Morgan fingerprint density at radius 3 is 2.61 bits per heavy atom. The molecule has 0 fully saturated rings. The third kappa shape index (κ3) is 5.12. The molecule has 36 heavy (non-hydrogen) atoms. The number of hydrogen-bond acceptors (Lipinski definition) is 6. The van der Waals surface area contributed by atoms with Crippen molar-refractivity contribution in [2.45, 2.75) is 19.0 Å². The molecule has 1 atom stereocenters. The molecule has 3 amide bonds. The Bertz CT molecular complexity index is 1410. The number of anilines is 2. The van der Waals surface area contributed by atoms with Gasteiger partial charge in [0.1, 0.15) is 6.04 Å². The van der Waals surface area contributed by atoms with Crippen LogP contribution < -0.4 is 10.6 Å². The van der Waals surface area contributed by atoms with Gasteiger partial charge in [-0.2, -0.15) is 0 Å². The highest BCUT2D eigenvalue weighted by atomic mass is 35.5. The number of amides is 3. The number of nitrogens with zero attached hydrogens (tertiary/aromatic N) is 3. The van der Waals surface area contributed by atoms with E-state index in [2.05, 4.69) is 20.6 Å². The van der Waals surface area contributed by atoms with Crippen LogP contribution in [0.2, 0.25) is 5.02 Å². The maximum atomic E-state index is 13.6. The minimum absolute atomic E-state index is 0.187. The molecular weight excluding hydrogens is 498 g/mol. The standard InChI is InChI=1S/C26H20ClN5O3S/c27-17-6-9-20-21(13-17)31-23(33)22(14-19-3-1-2-10-28-19)32(26(20)35)15-16-4-7-18(8-5-16)30-24(34)25-29-11-12-36-25/h1-13,22H,14-15H2,(H,30,34)(H,31,33)/t22-/m1/s1. The van der Waals surface area contributed by atoms with Crippen molar-refractivity contribution < 1.29 is 14.4 Å². The van der Waals surface area contributed by atoms with Crippen LogP contribution in [0.1, 0.15) is 31.4 Å². The number of nitrogens with one attached hydrogen (secondary N) is 2. The topological polar surface area (TPSA) is 104 Å². The molecule has 10 heteroatoms. The van der Waals surface area contributed by atoms with E-state index < -0.39 is 6.04 Å². The zero-order valence-corrected chi connectivity index (χ0v) is 20.4. The number of halogens is 1. The van der Waals surface area contributed by atoms with E-state index in [-0.39, 0.29) is 30.7 Å². The summed E-state index contributed by atoms with van der Waals surface area (Å²) in [5.41, 5.74) is 2.84. The molecule has 0 aliphatic carbocycles. The summed E-state index contributed by atoms with van der Waals surface area (Å²) < 4.78 is 0. The second-order valence-electron chi connectivity index (χ2n) is 8.14. The quantitative estimate of drug-likeness (QED) is 0.387. The van der Waals surface area contributed by atoms with Crippen molar-refractivity contribution in [2.24, 2.45) is 0 Å². The van der Waals surface area contributed by atoms with Crippen molar-refractivity contribution in [3.63, 3.8) is 0 Å². The molecule has 0 unspecified atom stereocenters. The zero-order chi connectivity index (χ0) is 25.1. The highest BCUT2D eigenvalue weighted by Gasteiger charge is 2.35. The summed E-state index contributed by atoms with van der Waals surface area (Å²) in [5, 5.41) is 8.19. The van der Waals surface area contributed by atoms with E-state index in [9.17, 15) is 14.4 Å². The van der Waals surface area contributed by atoms with Gasteiger partial charge >= 0.3 is 0 Å². The summed E-state index contributed by atoms with van der Waals surface area (Å²) in [6, 6.07) is 16.6. The van der Waals surface area contributed by atoms with Crippen LogP contribution in [-0.2, 0) is 17.8 Å². The van der Waals surface area contributed by atoms with Crippen molar-refractivity contribution in [3.05, 3.63) is 105 Å². The zero-order valence-electron chi connectivity index (χ0n) is 18.8. The second kappa shape index (κ2) is 10.3. The van der Waals surface area contributed by atoms with E-state index in [1.165, 1.54) is 11.3 Å². The Hall–Kier alpha value is -4.08. The first-order valence-corrected chi connectivity index (χ1v) is 12.3. The van der Waals surface area contributed by atoms with Crippen molar-refractivity contribution in [1.29, 1.82) is 0 Å². The van der Waals surface area contributed by atoms with Gasteiger partial charge in [0, 0.05) is 47.1 Å². The summed E-state index contributed by atoms with van der Waals surface area (Å²) in [4.78, 5) is 49.1. The number of hydrogen-bond donors (Lipinski definition) is 2. The van der Waals surface area contributed by atoms with Crippen LogP contribution in [0, 0.1) is 0 Å². The monoisotopic (exact) mass is 517 g/mol. The lowest BCUT2D eigenvalue weighted by molar-refractivity contribution is -0.120. The molecule has 4 aromatic rings. The molecule has 2 aromatic carbocycles. The third-order valence-electron chi connectivity index (χ3n) is 5.73. The fraction of sp³-hybridized carbons (Fsp3) is 0.115. The number of rotatable bonds is 6. The van der Waals surface area contributed by atoms with Crippen LogP contribution in [-0.4, -0.2) is 38.6 Å². The molecular formula is C26H20ClN5O3S. The van der Waals surface area contributed by atoms with Gasteiger partial charge < -0.3 is 15.5 Å². The predicted molar refractivity (Wildman–Crippen MR) is 138 cm³/mol. The Balaban J connectivity index is 1.42. The average Bonchev–Trinajstić information content (AvgIpc) is 3.40. The summed E-state index contributed by atoms with van der Waals surface area (Å²) in [5.74, 6) is -0.896. The molecule has 8 nitrogen and oxygen atoms in total. The van der Waals surface area contributed by atoms with Crippen LogP contribution in [0.5, 0.6) is 0 Å². The summed E-state index contributed by atoms with van der Waals surface area (Å²) in [6.45, 7) is 0.187. The van der Waals surface area contributed by atoms with Crippen LogP contribution in [0.3, 0.4) is 0 Å². The molecule has 3 heterocycles. The molecule has 180 valence electrons. The van der Waals surface area contributed by atoms with Crippen LogP contribution in [0.25, 0.3) is 0 Å². The lowest BCUT2D eigenvalue weighted by Crippen LogP contribution is -2.46. The maximum absolute atomic E-state index is 13.6. The van der Waals surface area contributed by atoms with E-state index in [1.54, 1.807) is 59.1 Å². The highest BCUT2D eigenvalue weighted by Crippen LogP contribution is 2.29. The summed E-state index contributed by atoms with van der Waals surface area (Å²) >= 11 is 7.38. The Morgan fingerprint density at radius 2 is 1.89 bits per heavy atom. The molecule has 0 saturated heterocycles. The minimum Gasteiger partial charge on any atom is -0.323 e. The fourth-order valence-corrected chi connectivity index (χ4v) is 4.67. The number of fused-ring (bicyclic) bond motifs is 1. The number of carbonyl (C=O) groups is 3. The van der Waals surface area contributed by atoms with Gasteiger partial charge in [-0.1, -0.05) is 29.8 Å².